The van der Waals surface area contributed by atoms with Gasteiger partial charge in [0, 0.05) is 16.9 Å². The zero-order valence-corrected chi connectivity index (χ0v) is 19.7. The molecule has 5 aromatic rings. The monoisotopic (exact) mass is 475 g/mol. The molecular weight excluding hydrogens is 454 g/mol. The van der Waals surface area contributed by atoms with Gasteiger partial charge in [-0.25, -0.2) is 4.98 Å². The van der Waals surface area contributed by atoms with Gasteiger partial charge in [-0.1, -0.05) is 66.2 Å². The minimum absolute atomic E-state index is 0.0911. The van der Waals surface area contributed by atoms with Crippen LogP contribution in [0.5, 0.6) is 0 Å². The molecule has 2 aromatic heterocycles. The average molecular weight is 476 g/mol. The SMILES string of the molecule is Cc1ccc(-c2c(C#N)c(N)nc3c(C(=O)Nc4ccccc4)c(Nc4ccccc4)sc23)cc1. The number of rotatable bonds is 5. The molecule has 7 heteroatoms. The van der Waals surface area contributed by atoms with Crippen molar-refractivity contribution in [3.05, 3.63) is 102 Å². The van der Waals surface area contributed by atoms with E-state index >= 15 is 0 Å². The number of nitrogen functional groups attached to an aromatic ring is 1. The maximum atomic E-state index is 13.6. The van der Waals surface area contributed by atoms with Crippen LogP contribution in [0.2, 0.25) is 0 Å². The highest BCUT2D eigenvalue weighted by atomic mass is 32.1. The van der Waals surface area contributed by atoms with Crippen molar-refractivity contribution in [1.82, 2.24) is 4.98 Å². The molecule has 4 N–H and O–H groups in total. The van der Waals surface area contributed by atoms with Crippen molar-refractivity contribution in [3.8, 4) is 17.2 Å². The molecular formula is C28H21N5OS. The van der Waals surface area contributed by atoms with Crippen LogP contribution in [0.25, 0.3) is 21.3 Å². The maximum absolute atomic E-state index is 13.6. The van der Waals surface area contributed by atoms with Gasteiger partial charge in [-0.2, -0.15) is 5.26 Å². The first-order valence-corrected chi connectivity index (χ1v) is 11.8. The normalized spacial score (nSPS) is 10.6. The molecule has 0 atom stereocenters. The van der Waals surface area contributed by atoms with Crippen molar-refractivity contribution in [3.63, 3.8) is 0 Å². The number of anilines is 4. The number of hydrogen-bond donors (Lipinski definition) is 3. The molecule has 0 spiro atoms. The third-order valence-electron chi connectivity index (χ3n) is 5.59. The summed E-state index contributed by atoms with van der Waals surface area (Å²) < 4.78 is 0.719. The van der Waals surface area contributed by atoms with Crippen molar-refractivity contribution in [2.45, 2.75) is 6.92 Å². The molecule has 0 aliphatic rings. The highest BCUT2D eigenvalue weighted by molar-refractivity contribution is 7.24. The first kappa shape index (κ1) is 22.1. The summed E-state index contributed by atoms with van der Waals surface area (Å²) in [7, 11) is 0. The lowest BCUT2D eigenvalue weighted by molar-refractivity contribution is 0.102. The molecule has 0 radical (unpaired) electrons. The molecule has 170 valence electrons. The van der Waals surface area contributed by atoms with E-state index in [-0.39, 0.29) is 11.7 Å². The van der Waals surface area contributed by atoms with E-state index < -0.39 is 0 Å². The number of hydrogen-bond acceptors (Lipinski definition) is 6. The van der Waals surface area contributed by atoms with Crippen LogP contribution in [0.1, 0.15) is 21.5 Å². The van der Waals surface area contributed by atoms with E-state index in [0.717, 1.165) is 21.5 Å². The number of carbonyl (C=O) groups is 1. The standard InChI is InChI=1S/C28H21N5OS/c1-17-12-14-18(15-13-17)22-21(16-29)26(30)33-24-23(27(34)31-19-8-4-2-5-9-19)28(35-25(22)24)32-20-10-6-3-7-11-20/h2-15,32H,1H3,(H2,30,33)(H,31,34). The number of aryl methyl sites for hydroxylation is 1. The third-order valence-corrected chi connectivity index (χ3v) is 6.70. The van der Waals surface area contributed by atoms with Crippen molar-refractivity contribution in [2.24, 2.45) is 0 Å². The predicted octanol–water partition coefficient (Wildman–Crippen LogP) is 6.72. The molecule has 0 saturated heterocycles. The van der Waals surface area contributed by atoms with E-state index in [4.69, 9.17) is 5.73 Å². The number of aromatic nitrogens is 1. The summed E-state index contributed by atoms with van der Waals surface area (Å²) in [6, 6.07) is 29.0. The van der Waals surface area contributed by atoms with Gasteiger partial charge in [0.15, 0.2) is 0 Å². The Kier molecular flexibility index (Phi) is 5.88. The van der Waals surface area contributed by atoms with Crippen molar-refractivity contribution in [1.29, 1.82) is 5.26 Å². The number of fused-ring (bicyclic) bond motifs is 1. The van der Waals surface area contributed by atoms with Gasteiger partial charge in [0.05, 0.1) is 10.2 Å². The number of carbonyl (C=O) groups excluding carboxylic acids is 1. The van der Waals surface area contributed by atoms with Gasteiger partial charge < -0.3 is 16.4 Å². The third kappa shape index (κ3) is 4.31. The number of nitrogens with one attached hydrogen (secondary N) is 2. The van der Waals surface area contributed by atoms with Gasteiger partial charge in [0.2, 0.25) is 0 Å². The van der Waals surface area contributed by atoms with Crippen LogP contribution < -0.4 is 16.4 Å². The van der Waals surface area contributed by atoms with Gasteiger partial charge in [0.25, 0.3) is 5.91 Å². The van der Waals surface area contributed by atoms with E-state index in [9.17, 15) is 10.1 Å². The molecule has 6 nitrogen and oxygen atoms in total. The lowest BCUT2D eigenvalue weighted by Gasteiger charge is -2.10. The van der Waals surface area contributed by atoms with Crippen LogP contribution in [0.15, 0.2) is 84.9 Å². The Balaban J connectivity index is 1.76. The Morgan fingerprint density at radius 2 is 1.57 bits per heavy atom. The number of nitrogens with zero attached hydrogens (tertiary/aromatic N) is 2. The molecule has 1 amide bonds. The van der Waals surface area contributed by atoms with Gasteiger partial charge in [-0.3, -0.25) is 4.79 Å². The van der Waals surface area contributed by atoms with E-state index in [2.05, 4.69) is 21.7 Å². The van der Waals surface area contributed by atoms with Gasteiger partial charge in [-0.15, -0.1) is 11.3 Å². The second-order valence-corrected chi connectivity index (χ2v) is 9.04. The summed E-state index contributed by atoms with van der Waals surface area (Å²) in [5, 5.41) is 16.9. The van der Waals surface area contributed by atoms with Crippen molar-refractivity contribution < 1.29 is 4.79 Å². The van der Waals surface area contributed by atoms with Crippen LogP contribution in [0.4, 0.5) is 22.2 Å². The van der Waals surface area contributed by atoms with Gasteiger partial charge in [-0.05, 0) is 36.8 Å². The molecule has 0 saturated carbocycles. The first-order valence-electron chi connectivity index (χ1n) is 11.0. The largest absolute Gasteiger partial charge is 0.383 e. The smallest absolute Gasteiger partial charge is 0.260 e. The average Bonchev–Trinajstić information content (AvgIpc) is 3.22. The topological polar surface area (TPSA) is 104 Å². The van der Waals surface area contributed by atoms with Crippen molar-refractivity contribution in [2.75, 3.05) is 16.4 Å². The molecule has 0 unspecified atom stereocenters. The van der Waals surface area contributed by atoms with E-state index in [0.29, 0.717) is 32.9 Å². The number of para-hydroxylation sites is 2. The molecule has 0 bridgehead atoms. The summed E-state index contributed by atoms with van der Waals surface area (Å²) in [6.07, 6.45) is 0. The highest BCUT2D eigenvalue weighted by Gasteiger charge is 2.26. The lowest BCUT2D eigenvalue weighted by atomic mass is 9.99. The Bertz CT molecular complexity index is 1570. The second-order valence-electron chi connectivity index (χ2n) is 8.02. The van der Waals surface area contributed by atoms with Crippen LogP contribution in [0, 0.1) is 18.3 Å². The zero-order valence-electron chi connectivity index (χ0n) is 18.9. The Labute approximate surface area is 206 Å². The second kappa shape index (κ2) is 9.29. The zero-order chi connectivity index (χ0) is 24.4. The van der Waals surface area contributed by atoms with Gasteiger partial charge >= 0.3 is 0 Å². The summed E-state index contributed by atoms with van der Waals surface area (Å²) in [5.41, 5.74) is 11.5. The lowest BCUT2D eigenvalue weighted by Crippen LogP contribution is -2.13. The number of thiophene rings is 1. The maximum Gasteiger partial charge on any atom is 0.260 e. The minimum Gasteiger partial charge on any atom is -0.383 e. The van der Waals surface area contributed by atoms with Crippen LogP contribution >= 0.6 is 11.3 Å². The predicted molar refractivity (Wildman–Crippen MR) is 143 cm³/mol. The molecule has 3 aromatic carbocycles. The summed E-state index contributed by atoms with van der Waals surface area (Å²) in [4.78, 5) is 18.1. The van der Waals surface area contributed by atoms with Crippen LogP contribution in [-0.4, -0.2) is 10.9 Å². The fourth-order valence-electron chi connectivity index (χ4n) is 3.89. The van der Waals surface area contributed by atoms with E-state index in [1.54, 1.807) is 0 Å². The van der Waals surface area contributed by atoms with Crippen LogP contribution in [-0.2, 0) is 0 Å². The summed E-state index contributed by atoms with van der Waals surface area (Å²) in [6.45, 7) is 2.00. The van der Waals surface area contributed by atoms with E-state index in [1.807, 2.05) is 91.9 Å². The summed E-state index contributed by atoms with van der Waals surface area (Å²) >= 11 is 1.38. The molecule has 35 heavy (non-hydrogen) atoms. The number of amides is 1. The first-order chi connectivity index (χ1) is 17.0. The fraction of sp³-hybridized carbons (Fsp3) is 0.0357. The minimum atomic E-state index is -0.313. The van der Waals surface area contributed by atoms with Crippen molar-refractivity contribution >= 4 is 49.7 Å². The number of nitrogens with two attached hydrogens (primary N) is 1. The quantitative estimate of drug-likeness (QED) is 0.262. The molecule has 2 heterocycles. The Morgan fingerprint density at radius 1 is 0.943 bits per heavy atom. The molecule has 0 aliphatic heterocycles. The number of benzene rings is 3. The molecule has 0 fully saturated rings. The Hall–Kier alpha value is -4.67. The number of nitriles is 1. The fourth-order valence-corrected chi connectivity index (χ4v) is 5.12. The number of pyridine rings is 1. The summed E-state index contributed by atoms with van der Waals surface area (Å²) in [5.74, 6) is -0.222. The Morgan fingerprint density at radius 3 is 2.20 bits per heavy atom. The van der Waals surface area contributed by atoms with Gasteiger partial charge in [0.1, 0.15) is 28.0 Å². The molecule has 0 aliphatic carbocycles. The van der Waals surface area contributed by atoms with E-state index in [1.165, 1.54) is 11.3 Å². The highest BCUT2D eigenvalue weighted by Crippen LogP contribution is 2.44. The van der Waals surface area contributed by atoms with Crippen LogP contribution in [0.3, 0.4) is 0 Å². The molecule has 5 rings (SSSR count).